The van der Waals surface area contributed by atoms with E-state index in [1.165, 1.54) is 19.3 Å². The van der Waals surface area contributed by atoms with Crippen LogP contribution in [-0.4, -0.2) is 48.2 Å². The van der Waals surface area contributed by atoms with Crippen molar-refractivity contribution in [3.8, 4) is 0 Å². The number of aryl methyl sites for hydroxylation is 1. The Morgan fingerprint density at radius 1 is 1.24 bits per heavy atom. The summed E-state index contributed by atoms with van der Waals surface area (Å²) in [5.41, 5.74) is 2.54. The highest BCUT2D eigenvalue weighted by molar-refractivity contribution is 5.95. The van der Waals surface area contributed by atoms with Gasteiger partial charge in [0.25, 0.3) is 0 Å². The Hall–Kier alpha value is -1.55. The minimum Gasteiger partial charge on any atom is -0.478 e. The first-order chi connectivity index (χ1) is 10.2. The van der Waals surface area contributed by atoms with Gasteiger partial charge in [-0.3, -0.25) is 4.90 Å². The minimum atomic E-state index is -0.818. The fourth-order valence-corrected chi connectivity index (χ4v) is 3.49. The van der Waals surface area contributed by atoms with E-state index in [2.05, 4.69) is 22.8 Å². The second-order valence-electron chi connectivity index (χ2n) is 6.08. The Bertz CT molecular complexity index is 518. The van der Waals surface area contributed by atoms with Crippen molar-refractivity contribution >= 4 is 11.7 Å². The van der Waals surface area contributed by atoms with E-state index in [4.69, 9.17) is 0 Å². The molecule has 4 heteroatoms. The van der Waals surface area contributed by atoms with E-state index in [0.717, 1.165) is 49.9 Å². The third-order valence-electron chi connectivity index (χ3n) is 4.95. The second-order valence-corrected chi connectivity index (χ2v) is 6.08. The van der Waals surface area contributed by atoms with Crippen molar-refractivity contribution in [1.82, 2.24) is 4.90 Å². The molecule has 1 saturated heterocycles. The molecule has 1 saturated carbocycles. The third-order valence-corrected chi connectivity index (χ3v) is 4.95. The van der Waals surface area contributed by atoms with Gasteiger partial charge in [-0.05, 0) is 30.9 Å². The molecule has 3 rings (SSSR count). The summed E-state index contributed by atoms with van der Waals surface area (Å²) in [6, 6.07) is 6.43. The molecule has 0 bridgehead atoms. The molecule has 0 atom stereocenters. The van der Waals surface area contributed by atoms with Gasteiger partial charge in [-0.25, -0.2) is 4.79 Å². The summed E-state index contributed by atoms with van der Waals surface area (Å²) in [6.07, 6.45) is 4.92. The van der Waals surface area contributed by atoms with Crippen LogP contribution in [0.25, 0.3) is 0 Å². The zero-order valence-electron chi connectivity index (χ0n) is 12.7. The Kier molecular flexibility index (Phi) is 4.15. The van der Waals surface area contributed by atoms with Crippen molar-refractivity contribution in [1.29, 1.82) is 0 Å². The van der Waals surface area contributed by atoms with Crippen molar-refractivity contribution in [3.05, 3.63) is 29.3 Å². The maximum atomic E-state index is 11.5. The van der Waals surface area contributed by atoms with Gasteiger partial charge in [-0.15, -0.1) is 0 Å². The zero-order chi connectivity index (χ0) is 14.8. The molecule has 2 aliphatic rings. The molecule has 114 valence electrons. The van der Waals surface area contributed by atoms with Crippen LogP contribution in [0.1, 0.15) is 42.1 Å². The Morgan fingerprint density at radius 2 is 1.95 bits per heavy atom. The number of hydrogen-bond donors (Lipinski definition) is 1. The highest BCUT2D eigenvalue weighted by atomic mass is 16.4. The van der Waals surface area contributed by atoms with Gasteiger partial charge in [0.05, 0.1) is 11.3 Å². The van der Waals surface area contributed by atoms with Crippen molar-refractivity contribution in [3.63, 3.8) is 0 Å². The van der Waals surface area contributed by atoms with E-state index in [1.807, 2.05) is 6.07 Å². The summed E-state index contributed by atoms with van der Waals surface area (Å²) >= 11 is 0. The summed E-state index contributed by atoms with van der Waals surface area (Å²) in [7, 11) is 0. The molecule has 0 amide bonds. The normalized spacial score (nSPS) is 20.3. The van der Waals surface area contributed by atoms with E-state index in [9.17, 15) is 9.90 Å². The standard InChI is InChI=1S/C17H24N2O2/c1-2-13-5-3-8-15(17(20)21)16(13)19-11-9-18(10-12-19)14-6-4-7-14/h3,5,8,14H,2,4,6-7,9-12H2,1H3,(H,20,21). The molecule has 1 aliphatic heterocycles. The first-order valence-electron chi connectivity index (χ1n) is 8.05. The number of aromatic carboxylic acids is 1. The maximum Gasteiger partial charge on any atom is 0.337 e. The molecule has 1 aromatic rings. The van der Waals surface area contributed by atoms with Crippen LogP contribution in [0.2, 0.25) is 0 Å². The fourth-order valence-electron chi connectivity index (χ4n) is 3.49. The van der Waals surface area contributed by atoms with Crippen LogP contribution in [0.3, 0.4) is 0 Å². The van der Waals surface area contributed by atoms with Crippen LogP contribution < -0.4 is 4.90 Å². The van der Waals surface area contributed by atoms with E-state index in [-0.39, 0.29) is 0 Å². The van der Waals surface area contributed by atoms with Crippen molar-refractivity contribution in [2.45, 2.75) is 38.6 Å². The molecule has 2 fully saturated rings. The highest BCUT2D eigenvalue weighted by Crippen LogP contribution is 2.30. The van der Waals surface area contributed by atoms with Crippen molar-refractivity contribution < 1.29 is 9.90 Å². The number of benzene rings is 1. The molecule has 1 heterocycles. The number of piperazine rings is 1. The summed E-state index contributed by atoms with van der Waals surface area (Å²) in [4.78, 5) is 16.4. The van der Waals surface area contributed by atoms with Gasteiger partial charge in [0.1, 0.15) is 0 Å². The molecule has 0 spiro atoms. The molecule has 1 aliphatic carbocycles. The predicted octanol–water partition coefficient (Wildman–Crippen LogP) is 2.62. The molecule has 4 nitrogen and oxygen atoms in total. The third kappa shape index (κ3) is 2.77. The summed E-state index contributed by atoms with van der Waals surface area (Å²) < 4.78 is 0. The van der Waals surface area contributed by atoms with Crippen molar-refractivity contribution in [2.75, 3.05) is 31.1 Å². The van der Waals surface area contributed by atoms with Crippen LogP contribution in [-0.2, 0) is 6.42 Å². The number of carbonyl (C=O) groups is 1. The topological polar surface area (TPSA) is 43.8 Å². The van der Waals surface area contributed by atoms with Crippen molar-refractivity contribution in [2.24, 2.45) is 0 Å². The van der Waals surface area contributed by atoms with Gasteiger partial charge in [0.2, 0.25) is 0 Å². The Balaban J connectivity index is 1.79. The monoisotopic (exact) mass is 288 g/mol. The molecule has 21 heavy (non-hydrogen) atoms. The highest BCUT2D eigenvalue weighted by Gasteiger charge is 2.29. The lowest BCUT2D eigenvalue weighted by Crippen LogP contribution is -2.52. The number of nitrogens with zero attached hydrogens (tertiary/aromatic N) is 2. The number of hydrogen-bond acceptors (Lipinski definition) is 3. The maximum absolute atomic E-state index is 11.5. The molecule has 1 N–H and O–H groups in total. The number of carboxylic acids is 1. The van der Waals surface area contributed by atoms with Gasteiger partial charge in [-0.1, -0.05) is 25.5 Å². The minimum absolute atomic E-state index is 0.450. The number of anilines is 1. The van der Waals surface area contributed by atoms with Crippen LogP contribution >= 0.6 is 0 Å². The predicted molar refractivity (Wildman–Crippen MR) is 84.2 cm³/mol. The van der Waals surface area contributed by atoms with Crippen LogP contribution in [0.5, 0.6) is 0 Å². The summed E-state index contributed by atoms with van der Waals surface area (Å²) in [5, 5.41) is 9.47. The molecular formula is C17H24N2O2. The average molecular weight is 288 g/mol. The Morgan fingerprint density at radius 3 is 2.48 bits per heavy atom. The van der Waals surface area contributed by atoms with Crippen LogP contribution in [0.15, 0.2) is 18.2 Å². The summed E-state index contributed by atoms with van der Waals surface area (Å²) in [6.45, 7) is 6.08. The van der Waals surface area contributed by atoms with Gasteiger partial charge in [0.15, 0.2) is 0 Å². The van der Waals surface area contributed by atoms with Crippen LogP contribution in [0.4, 0.5) is 5.69 Å². The molecule has 1 aromatic carbocycles. The average Bonchev–Trinajstić information content (AvgIpc) is 2.45. The van der Waals surface area contributed by atoms with E-state index in [0.29, 0.717) is 5.56 Å². The van der Waals surface area contributed by atoms with Crippen LogP contribution in [0, 0.1) is 0 Å². The molecule has 0 radical (unpaired) electrons. The Labute approximate surface area is 126 Å². The number of carboxylic acid groups (broad SMARTS) is 1. The number of para-hydroxylation sites is 1. The molecular weight excluding hydrogens is 264 g/mol. The van der Waals surface area contributed by atoms with Gasteiger partial charge in [-0.2, -0.15) is 0 Å². The lowest BCUT2D eigenvalue weighted by molar-refractivity contribution is 0.0696. The largest absolute Gasteiger partial charge is 0.478 e. The van der Waals surface area contributed by atoms with E-state index < -0.39 is 5.97 Å². The lowest BCUT2D eigenvalue weighted by Gasteiger charge is -2.44. The lowest BCUT2D eigenvalue weighted by atomic mass is 9.91. The second kappa shape index (κ2) is 6.06. The van der Waals surface area contributed by atoms with Gasteiger partial charge in [0, 0.05) is 32.2 Å². The van der Waals surface area contributed by atoms with Gasteiger partial charge < -0.3 is 10.0 Å². The number of rotatable bonds is 4. The quantitative estimate of drug-likeness (QED) is 0.925. The van der Waals surface area contributed by atoms with E-state index in [1.54, 1.807) is 6.07 Å². The SMILES string of the molecule is CCc1cccc(C(=O)O)c1N1CCN(C2CCC2)CC1. The zero-order valence-corrected chi connectivity index (χ0v) is 12.7. The summed E-state index contributed by atoms with van der Waals surface area (Å²) in [5.74, 6) is -0.818. The van der Waals surface area contributed by atoms with Gasteiger partial charge >= 0.3 is 5.97 Å². The van der Waals surface area contributed by atoms with E-state index >= 15 is 0 Å². The first-order valence-corrected chi connectivity index (χ1v) is 8.05. The molecule has 0 unspecified atom stereocenters. The fraction of sp³-hybridized carbons (Fsp3) is 0.588. The molecule has 0 aromatic heterocycles. The first kappa shape index (κ1) is 14.4. The smallest absolute Gasteiger partial charge is 0.337 e.